The van der Waals surface area contributed by atoms with Crippen LogP contribution in [-0.4, -0.2) is 11.1 Å². The predicted octanol–water partition coefficient (Wildman–Crippen LogP) is 2.37. The molecule has 0 aliphatic heterocycles. The third-order valence-corrected chi connectivity index (χ3v) is 2.21. The Morgan fingerprint density at radius 3 is 3.00 bits per heavy atom. The Morgan fingerprint density at radius 2 is 2.29 bits per heavy atom. The van der Waals surface area contributed by atoms with Crippen molar-refractivity contribution < 1.29 is 14.3 Å². The summed E-state index contributed by atoms with van der Waals surface area (Å²) < 4.78 is 5.28. The first-order valence-corrected chi connectivity index (χ1v) is 4.36. The Labute approximate surface area is 81.0 Å². The van der Waals surface area contributed by atoms with Crippen LogP contribution in [0.1, 0.15) is 11.1 Å². The van der Waals surface area contributed by atoms with Crippen LogP contribution in [0.5, 0.6) is 0 Å². The maximum absolute atomic E-state index is 10.6. The highest BCUT2D eigenvalue weighted by Gasteiger charge is 2.09. The maximum Gasteiger partial charge on any atom is 0.307 e. The second kappa shape index (κ2) is 3.18. The highest BCUT2D eigenvalue weighted by atomic mass is 16.4. The minimum atomic E-state index is -0.821. The van der Waals surface area contributed by atoms with E-state index >= 15 is 0 Å². The lowest BCUT2D eigenvalue weighted by Crippen LogP contribution is -2.00. The van der Waals surface area contributed by atoms with E-state index in [1.54, 1.807) is 6.26 Å². The molecule has 1 aromatic carbocycles. The third-order valence-electron chi connectivity index (χ3n) is 2.21. The van der Waals surface area contributed by atoms with E-state index in [-0.39, 0.29) is 6.42 Å². The van der Waals surface area contributed by atoms with Gasteiger partial charge in [0.15, 0.2) is 0 Å². The summed E-state index contributed by atoms with van der Waals surface area (Å²) in [5.74, 6) is -0.821. The molecule has 0 saturated heterocycles. The van der Waals surface area contributed by atoms with E-state index in [4.69, 9.17) is 9.52 Å². The molecule has 1 heterocycles. The van der Waals surface area contributed by atoms with Crippen molar-refractivity contribution in [1.82, 2.24) is 0 Å². The van der Waals surface area contributed by atoms with Gasteiger partial charge in [-0.05, 0) is 24.1 Å². The van der Waals surface area contributed by atoms with E-state index in [2.05, 4.69) is 0 Å². The van der Waals surface area contributed by atoms with Gasteiger partial charge in [-0.2, -0.15) is 0 Å². The molecule has 72 valence electrons. The number of hydrogen-bond acceptors (Lipinski definition) is 2. The lowest BCUT2D eigenvalue weighted by Gasteiger charge is -1.99. The molecule has 0 unspecified atom stereocenters. The second-order valence-corrected chi connectivity index (χ2v) is 3.28. The maximum atomic E-state index is 10.6. The van der Waals surface area contributed by atoms with Gasteiger partial charge >= 0.3 is 5.97 Å². The number of benzene rings is 1. The van der Waals surface area contributed by atoms with Crippen LogP contribution in [0.15, 0.2) is 28.9 Å². The summed E-state index contributed by atoms with van der Waals surface area (Å²) in [6.45, 7) is 1.91. The number of fused-ring (bicyclic) bond motifs is 1. The van der Waals surface area contributed by atoms with Gasteiger partial charge in [-0.1, -0.05) is 12.1 Å². The number of carboxylic acid groups (broad SMARTS) is 1. The summed E-state index contributed by atoms with van der Waals surface area (Å²) >= 11 is 0. The van der Waals surface area contributed by atoms with Gasteiger partial charge in [-0.15, -0.1) is 0 Å². The molecule has 0 atom stereocenters. The van der Waals surface area contributed by atoms with Crippen LogP contribution in [-0.2, 0) is 11.2 Å². The molecule has 2 rings (SSSR count). The number of carboxylic acids is 1. The zero-order valence-corrected chi connectivity index (χ0v) is 7.78. The Kier molecular flexibility index (Phi) is 2.00. The van der Waals surface area contributed by atoms with Crippen molar-refractivity contribution in [2.75, 3.05) is 0 Å². The first-order chi connectivity index (χ1) is 6.68. The largest absolute Gasteiger partial charge is 0.481 e. The summed E-state index contributed by atoms with van der Waals surface area (Å²) in [7, 11) is 0. The van der Waals surface area contributed by atoms with Gasteiger partial charge in [0, 0.05) is 5.39 Å². The normalized spacial score (nSPS) is 10.6. The van der Waals surface area contributed by atoms with Crippen LogP contribution in [0.2, 0.25) is 0 Å². The van der Waals surface area contributed by atoms with Gasteiger partial charge in [0.1, 0.15) is 5.58 Å². The fourth-order valence-corrected chi connectivity index (χ4v) is 1.64. The van der Waals surface area contributed by atoms with Gasteiger partial charge in [0.2, 0.25) is 0 Å². The van der Waals surface area contributed by atoms with Gasteiger partial charge in [0.25, 0.3) is 0 Å². The van der Waals surface area contributed by atoms with E-state index < -0.39 is 5.97 Å². The highest BCUT2D eigenvalue weighted by Crippen LogP contribution is 2.24. The molecule has 0 aliphatic carbocycles. The Balaban J connectivity index is 2.63. The average molecular weight is 190 g/mol. The number of furan rings is 1. The third kappa shape index (κ3) is 1.37. The number of aryl methyl sites for hydroxylation is 1. The first kappa shape index (κ1) is 8.81. The molecular weight excluding hydrogens is 180 g/mol. The Bertz CT molecular complexity index is 482. The van der Waals surface area contributed by atoms with Crippen molar-refractivity contribution in [3.63, 3.8) is 0 Å². The van der Waals surface area contributed by atoms with E-state index in [9.17, 15) is 4.79 Å². The molecule has 3 heteroatoms. The summed E-state index contributed by atoms with van der Waals surface area (Å²) in [6.07, 6.45) is 1.69. The molecular formula is C11H10O3. The molecule has 0 bridgehead atoms. The average Bonchev–Trinajstić information content (AvgIpc) is 2.48. The predicted molar refractivity (Wildman–Crippen MR) is 52.3 cm³/mol. The van der Waals surface area contributed by atoms with Crippen LogP contribution in [0, 0.1) is 6.92 Å². The smallest absolute Gasteiger partial charge is 0.307 e. The minimum Gasteiger partial charge on any atom is -0.481 e. The summed E-state index contributed by atoms with van der Waals surface area (Å²) in [6, 6.07) is 5.47. The lowest BCUT2D eigenvalue weighted by molar-refractivity contribution is -0.136. The van der Waals surface area contributed by atoms with Crippen molar-refractivity contribution in [1.29, 1.82) is 0 Å². The Morgan fingerprint density at radius 1 is 1.50 bits per heavy atom. The Hall–Kier alpha value is -1.77. The van der Waals surface area contributed by atoms with E-state index in [1.165, 1.54) is 0 Å². The van der Waals surface area contributed by atoms with Crippen molar-refractivity contribution >= 4 is 16.9 Å². The van der Waals surface area contributed by atoms with Crippen molar-refractivity contribution in [3.8, 4) is 0 Å². The molecule has 1 N–H and O–H groups in total. The van der Waals surface area contributed by atoms with Crippen molar-refractivity contribution in [3.05, 3.63) is 35.6 Å². The standard InChI is InChI=1S/C11H10O3/c1-7-6-14-9-4-2-3-8(11(7)9)5-10(12)13/h2-4,6H,5H2,1H3,(H,12,13). The second-order valence-electron chi connectivity index (χ2n) is 3.28. The SMILES string of the molecule is Cc1coc2cccc(CC(=O)O)c12. The topological polar surface area (TPSA) is 50.4 Å². The molecule has 0 radical (unpaired) electrons. The van der Waals surface area contributed by atoms with Crippen LogP contribution < -0.4 is 0 Å². The number of hydrogen-bond donors (Lipinski definition) is 1. The van der Waals surface area contributed by atoms with Crippen LogP contribution in [0.4, 0.5) is 0 Å². The summed E-state index contributed by atoms with van der Waals surface area (Å²) in [5, 5.41) is 9.65. The molecule has 0 spiro atoms. The first-order valence-electron chi connectivity index (χ1n) is 4.36. The van der Waals surface area contributed by atoms with Crippen molar-refractivity contribution in [2.45, 2.75) is 13.3 Å². The molecule has 3 nitrogen and oxygen atoms in total. The van der Waals surface area contributed by atoms with E-state index in [0.29, 0.717) is 0 Å². The minimum absolute atomic E-state index is 0.0394. The summed E-state index contributed by atoms with van der Waals surface area (Å²) in [5.41, 5.74) is 2.54. The summed E-state index contributed by atoms with van der Waals surface area (Å²) in [4.78, 5) is 10.6. The zero-order valence-electron chi connectivity index (χ0n) is 7.78. The monoisotopic (exact) mass is 190 g/mol. The fraction of sp³-hybridized carbons (Fsp3) is 0.182. The van der Waals surface area contributed by atoms with Crippen LogP contribution in [0.3, 0.4) is 0 Å². The number of aliphatic carboxylic acids is 1. The molecule has 0 fully saturated rings. The molecule has 2 aromatic rings. The highest BCUT2D eigenvalue weighted by molar-refractivity contribution is 5.87. The molecule has 0 saturated carbocycles. The molecule has 14 heavy (non-hydrogen) atoms. The molecule has 0 aliphatic rings. The van der Waals surface area contributed by atoms with E-state index in [1.807, 2.05) is 25.1 Å². The fourth-order valence-electron chi connectivity index (χ4n) is 1.64. The van der Waals surface area contributed by atoms with Crippen LogP contribution >= 0.6 is 0 Å². The lowest BCUT2D eigenvalue weighted by atomic mass is 10.0. The van der Waals surface area contributed by atoms with Gasteiger partial charge in [0.05, 0.1) is 12.7 Å². The number of carbonyl (C=O) groups is 1. The van der Waals surface area contributed by atoms with E-state index in [0.717, 1.165) is 22.1 Å². The molecule has 1 aromatic heterocycles. The quantitative estimate of drug-likeness (QED) is 0.790. The van der Waals surface area contributed by atoms with Gasteiger partial charge in [-0.3, -0.25) is 4.79 Å². The molecule has 0 amide bonds. The van der Waals surface area contributed by atoms with Crippen molar-refractivity contribution in [2.24, 2.45) is 0 Å². The van der Waals surface area contributed by atoms with Crippen LogP contribution in [0.25, 0.3) is 11.0 Å². The van der Waals surface area contributed by atoms with Gasteiger partial charge < -0.3 is 9.52 Å². The number of rotatable bonds is 2. The zero-order chi connectivity index (χ0) is 10.1. The van der Waals surface area contributed by atoms with Gasteiger partial charge in [-0.25, -0.2) is 0 Å².